The van der Waals surface area contributed by atoms with Crippen molar-refractivity contribution in [3.63, 3.8) is 0 Å². The van der Waals surface area contributed by atoms with E-state index in [1.165, 1.54) is 35.0 Å². The van der Waals surface area contributed by atoms with Crippen molar-refractivity contribution in [2.24, 2.45) is 4.99 Å². The van der Waals surface area contributed by atoms with Crippen LogP contribution >= 0.6 is 0 Å². The normalized spacial score (nSPS) is 19.1. The van der Waals surface area contributed by atoms with E-state index in [4.69, 9.17) is 9.47 Å². The second-order valence-corrected chi connectivity index (χ2v) is 7.90. The Morgan fingerprint density at radius 3 is 2.62 bits per heavy atom. The number of hydrogen-bond acceptors (Lipinski definition) is 9. The molecule has 34 heavy (non-hydrogen) atoms. The lowest BCUT2D eigenvalue weighted by Gasteiger charge is -2.39. The number of hydrogen-bond donors (Lipinski definition) is 0. The number of nitrogens with zero attached hydrogens (tertiary/aromatic N) is 5. The number of rotatable bonds is 9. The number of ether oxygens (including phenoxy) is 3. The molecule has 3 heterocycles. The average molecular weight is 484 g/mol. The molecule has 2 aromatic rings. The van der Waals surface area contributed by atoms with Crippen LogP contribution in [0.25, 0.3) is 0 Å². The summed E-state index contributed by atoms with van der Waals surface area (Å²) in [5.74, 6) is -0.432. The van der Waals surface area contributed by atoms with E-state index < -0.39 is 17.3 Å². The number of nitro groups is 1. The average Bonchev–Trinajstić information content (AvgIpc) is 3.16. The smallest absolute Gasteiger partial charge is 0.573 e. The molecule has 0 radical (unpaired) electrons. The number of alkyl halides is 3. The van der Waals surface area contributed by atoms with Crippen molar-refractivity contribution in [3.05, 3.63) is 40.6 Å². The minimum atomic E-state index is -4.73. The van der Waals surface area contributed by atoms with Crippen molar-refractivity contribution in [2.45, 2.75) is 37.9 Å². The van der Waals surface area contributed by atoms with Gasteiger partial charge in [0.05, 0.1) is 6.54 Å². The summed E-state index contributed by atoms with van der Waals surface area (Å²) in [6.45, 7) is 2.39. The van der Waals surface area contributed by atoms with E-state index in [2.05, 4.69) is 19.6 Å². The summed E-state index contributed by atoms with van der Waals surface area (Å²) in [5, 5.41) is 23.0. The molecular weight excluding hydrogens is 463 g/mol. The van der Waals surface area contributed by atoms with Crippen LogP contribution in [0.5, 0.6) is 17.5 Å². The fourth-order valence-electron chi connectivity index (χ4n) is 3.66. The Hall–Kier alpha value is -3.55. The van der Waals surface area contributed by atoms with Gasteiger partial charge in [-0.1, -0.05) is 0 Å². The highest BCUT2D eigenvalue weighted by Crippen LogP contribution is 2.26. The number of benzene rings is 1. The van der Waals surface area contributed by atoms with Gasteiger partial charge in [-0.3, -0.25) is 14.5 Å². The van der Waals surface area contributed by atoms with E-state index in [9.17, 15) is 28.4 Å². The molecule has 0 bridgehead atoms. The molecule has 0 N–H and O–H groups in total. The quantitative estimate of drug-likeness (QED) is 0.228. The molecule has 0 aliphatic carbocycles. The van der Waals surface area contributed by atoms with Crippen LogP contribution in [-0.4, -0.2) is 70.0 Å². The highest BCUT2D eigenvalue weighted by molar-refractivity contribution is 5.71. The van der Waals surface area contributed by atoms with Crippen molar-refractivity contribution in [3.8, 4) is 17.5 Å². The molecule has 2 aliphatic rings. The van der Waals surface area contributed by atoms with E-state index in [-0.39, 0.29) is 49.2 Å². The molecular formula is C20H21F3N5O6-. The summed E-state index contributed by atoms with van der Waals surface area (Å²) in [5.41, 5.74) is 0. The van der Waals surface area contributed by atoms with E-state index >= 15 is 0 Å². The van der Waals surface area contributed by atoms with Gasteiger partial charge in [0.25, 0.3) is 0 Å². The molecule has 1 fully saturated rings. The van der Waals surface area contributed by atoms with Gasteiger partial charge in [0.2, 0.25) is 0 Å². The van der Waals surface area contributed by atoms with E-state index in [1.807, 2.05) is 0 Å². The molecule has 184 valence electrons. The van der Waals surface area contributed by atoms with Gasteiger partial charge in [0, 0.05) is 18.1 Å². The van der Waals surface area contributed by atoms with Gasteiger partial charge < -0.3 is 29.4 Å². The first-order valence-electron chi connectivity index (χ1n) is 10.5. The van der Waals surface area contributed by atoms with Gasteiger partial charge in [-0.2, -0.15) is 0 Å². The fourth-order valence-corrected chi connectivity index (χ4v) is 3.66. The van der Waals surface area contributed by atoms with E-state index in [1.54, 1.807) is 0 Å². The summed E-state index contributed by atoms with van der Waals surface area (Å²) >= 11 is 0. The van der Waals surface area contributed by atoms with Gasteiger partial charge in [-0.25, -0.2) is 0 Å². The Kier molecular flexibility index (Phi) is 6.77. The lowest BCUT2D eigenvalue weighted by molar-refractivity contribution is -0.389. The first-order chi connectivity index (χ1) is 16.1. The molecule has 11 nitrogen and oxygen atoms in total. The Bertz CT molecular complexity index is 1040. The lowest BCUT2D eigenvalue weighted by atomic mass is 10.1. The fraction of sp³-hybridized carbons (Fsp3) is 0.500. The third-order valence-corrected chi connectivity index (χ3v) is 5.20. The third-order valence-electron chi connectivity index (χ3n) is 5.20. The Morgan fingerprint density at radius 2 is 1.94 bits per heavy atom. The molecule has 2 aliphatic heterocycles. The first kappa shape index (κ1) is 23.6. The van der Waals surface area contributed by atoms with Crippen LogP contribution in [-0.2, 0) is 6.54 Å². The highest BCUT2D eigenvalue weighted by atomic mass is 19.4. The summed E-state index contributed by atoms with van der Waals surface area (Å²) < 4.78 is 52.9. The van der Waals surface area contributed by atoms with Crippen LogP contribution in [0.3, 0.4) is 0 Å². The minimum absolute atomic E-state index is 0.0809. The van der Waals surface area contributed by atoms with Crippen molar-refractivity contribution < 1.29 is 37.4 Å². The Balaban J connectivity index is 1.14. The first-order valence-corrected chi connectivity index (χ1v) is 10.5. The zero-order valence-electron chi connectivity index (χ0n) is 17.8. The molecule has 1 atom stereocenters. The molecule has 14 heteroatoms. The SMILES string of the molecule is O=[N+]([O-])c1cn2c(n1)OC[C@@H](N=C([O-])CCCN1CC(Oc3ccc(OC(F)(F)F)cc3)C1)C2. The maximum Gasteiger partial charge on any atom is 0.573 e. The molecule has 0 amide bonds. The second-order valence-electron chi connectivity index (χ2n) is 7.90. The monoisotopic (exact) mass is 484 g/mol. The predicted molar refractivity (Wildman–Crippen MR) is 109 cm³/mol. The zero-order valence-corrected chi connectivity index (χ0v) is 17.8. The summed E-state index contributed by atoms with van der Waals surface area (Å²) in [7, 11) is 0. The predicted octanol–water partition coefficient (Wildman–Crippen LogP) is 1.75. The summed E-state index contributed by atoms with van der Waals surface area (Å²) in [6.07, 6.45) is -2.69. The van der Waals surface area contributed by atoms with Crippen LogP contribution in [0.4, 0.5) is 19.0 Å². The number of halogens is 3. The van der Waals surface area contributed by atoms with Crippen molar-refractivity contribution >= 4 is 11.7 Å². The van der Waals surface area contributed by atoms with Gasteiger partial charge in [-0.15, -0.1) is 13.2 Å². The van der Waals surface area contributed by atoms with Crippen molar-refractivity contribution in [1.82, 2.24) is 14.5 Å². The Labute approximate surface area is 191 Å². The molecule has 0 unspecified atom stereocenters. The number of likely N-dealkylation sites (tertiary alicyclic amines) is 1. The summed E-state index contributed by atoms with van der Waals surface area (Å²) in [4.78, 5) is 20.2. The maximum atomic E-state index is 12.2. The van der Waals surface area contributed by atoms with Crippen LogP contribution < -0.4 is 19.3 Å². The number of fused-ring (bicyclic) bond motifs is 1. The number of aliphatic imine (C=N–C) groups is 1. The summed E-state index contributed by atoms with van der Waals surface area (Å²) in [6, 6.07) is 4.95. The molecule has 1 aromatic heterocycles. The number of imidazole rings is 1. The van der Waals surface area contributed by atoms with Crippen molar-refractivity contribution in [1.29, 1.82) is 0 Å². The van der Waals surface area contributed by atoms with E-state index in [0.29, 0.717) is 31.8 Å². The van der Waals surface area contributed by atoms with E-state index in [0.717, 1.165) is 0 Å². The van der Waals surface area contributed by atoms with Gasteiger partial charge >= 0.3 is 18.2 Å². The molecule has 4 rings (SSSR count). The molecule has 1 saturated heterocycles. The zero-order chi connectivity index (χ0) is 24.3. The minimum Gasteiger partial charge on any atom is -0.862 e. The van der Waals surface area contributed by atoms with Crippen molar-refractivity contribution in [2.75, 3.05) is 26.2 Å². The van der Waals surface area contributed by atoms with Gasteiger partial charge in [0.1, 0.15) is 36.4 Å². The molecule has 1 aromatic carbocycles. The van der Waals surface area contributed by atoms with Gasteiger partial charge in [0.15, 0.2) is 0 Å². The molecule has 0 saturated carbocycles. The largest absolute Gasteiger partial charge is 0.862 e. The lowest BCUT2D eigenvalue weighted by Crippen LogP contribution is -2.53. The molecule has 0 spiro atoms. The standard InChI is InChI=1S/C20H22F3N5O6/c21-20(22,23)34-15-5-3-14(4-6-15)33-16-9-26(10-16)7-1-2-18(29)24-13-8-27-11-17(28(30)31)25-19(27)32-12-13/h3-6,11,13,16H,1-2,7-10,12H2,(H,24,29)/p-1/t13-/m0/s1. The number of aromatic nitrogens is 2. The van der Waals surface area contributed by atoms with Crippen LogP contribution in [0.15, 0.2) is 35.5 Å². The highest BCUT2D eigenvalue weighted by Gasteiger charge is 2.31. The van der Waals surface area contributed by atoms with Crippen LogP contribution in [0.1, 0.15) is 12.8 Å². The second kappa shape index (κ2) is 9.75. The van der Waals surface area contributed by atoms with Crippen LogP contribution in [0.2, 0.25) is 0 Å². The topological polar surface area (TPSA) is 127 Å². The Morgan fingerprint density at radius 1 is 1.24 bits per heavy atom. The maximum absolute atomic E-state index is 12.2. The van der Waals surface area contributed by atoms with Crippen LogP contribution in [0, 0.1) is 10.1 Å². The third kappa shape index (κ3) is 6.27. The van der Waals surface area contributed by atoms with Gasteiger partial charge in [-0.05, 0) is 54.5 Å².